The number of carbonyl (C=O) groups excluding carboxylic acids is 3. The van der Waals surface area contributed by atoms with Gasteiger partial charge in [0, 0.05) is 6.54 Å². The molecule has 1 saturated heterocycles. The second-order valence-corrected chi connectivity index (χ2v) is 7.89. The quantitative estimate of drug-likeness (QED) is 0.246. The molecule has 1 heterocycles. The van der Waals surface area contributed by atoms with Gasteiger partial charge in [-0.25, -0.2) is 4.79 Å². The van der Waals surface area contributed by atoms with Crippen LogP contribution < -0.4 is 16.4 Å². The summed E-state index contributed by atoms with van der Waals surface area (Å²) in [4.78, 5) is 61.3. The molecule has 3 amide bonds. The summed E-state index contributed by atoms with van der Waals surface area (Å²) in [6.45, 7) is 1.49. The van der Waals surface area contributed by atoms with Crippen molar-refractivity contribution in [3.63, 3.8) is 0 Å². The Hall–Kier alpha value is -3.67. The molecular weight excluding hydrogens is 436 g/mol. The fourth-order valence-electron chi connectivity index (χ4n) is 3.52. The van der Waals surface area contributed by atoms with Gasteiger partial charge >= 0.3 is 11.9 Å². The highest BCUT2D eigenvalue weighted by Gasteiger charge is 2.38. The predicted molar refractivity (Wildman–Crippen MR) is 114 cm³/mol. The number of carbonyl (C=O) groups is 5. The van der Waals surface area contributed by atoms with Crippen LogP contribution in [0.4, 0.5) is 0 Å². The molecule has 12 heteroatoms. The van der Waals surface area contributed by atoms with Crippen molar-refractivity contribution in [1.82, 2.24) is 15.5 Å². The number of nitrogens with two attached hydrogens (primary N) is 1. The number of nitrogens with one attached hydrogen (secondary N) is 2. The summed E-state index contributed by atoms with van der Waals surface area (Å²) in [6.07, 6.45) is 0.0859. The van der Waals surface area contributed by atoms with E-state index < -0.39 is 60.2 Å². The van der Waals surface area contributed by atoms with Gasteiger partial charge in [-0.15, -0.1) is 0 Å². The first-order chi connectivity index (χ1) is 15.5. The van der Waals surface area contributed by atoms with Gasteiger partial charge in [0.1, 0.15) is 23.9 Å². The van der Waals surface area contributed by atoms with Crippen LogP contribution in [0.1, 0.15) is 31.7 Å². The third-order valence-electron chi connectivity index (χ3n) is 5.30. The number of nitrogens with zero attached hydrogens (tertiary/aromatic N) is 1. The lowest BCUT2D eigenvalue weighted by atomic mass is 10.1. The molecular formula is C21H28N4O8. The summed E-state index contributed by atoms with van der Waals surface area (Å²) in [5.41, 5.74) is 6.57. The van der Waals surface area contributed by atoms with Crippen molar-refractivity contribution in [1.29, 1.82) is 0 Å². The van der Waals surface area contributed by atoms with Crippen molar-refractivity contribution in [2.75, 3.05) is 6.54 Å². The highest BCUT2D eigenvalue weighted by molar-refractivity contribution is 5.95. The van der Waals surface area contributed by atoms with Gasteiger partial charge in [0.05, 0.1) is 12.5 Å². The van der Waals surface area contributed by atoms with Crippen molar-refractivity contribution < 1.29 is 39.3 Å². The van der Waals surface area contributed by atoms with E-state index in [1.54, 1.807) is 12.1 Å². The number of aliphatic carboxylic acids is 2. The topological polar surface area (TPSA) is 199 Å². The molecule has 0 aliphatic carbocycles. The van der Waals surface area contributed by atoms with E-state index in [-0.39, 0.29) is 25.1 Å². The lowest BCUT2D eigenvalue weighted by Crippen LogP contribution is -2.57. The monoisotopic (exact) mass is 464 g/mol. The molecule has 1 aliphatic rings. The lowest BCUT2D eigenvalue weighted by molar-refractivity contribution is -0.150. The van der Waals surface area contributed by atoms with Gasteiger partial charge in [0.2, 0.25) is 17.7 Å². The van der Waals surface area contributed by atoms with Gasteiger partial charge < -0.3 is 36.6 Å². The largest absolute Gasteiger partial charge is 0.508 e. The van der Waals surface area contributed by atoms with E-state index in [0.29, 0.717) is 12.0 Å². The number of rotatable bonds is 10. The third kappa shape index (κ3) is 7.17. The minimum Gasteiger partial charge on any atom is -0.508 e. The Morgan fingerprint density at radius 2 is 1.73 bits per heavy atom. The standard InChI is InChI=1S/C21H28N4O8/c1-11(23-19(30)14(22)9-12-4-6-13(26)7-5-12)18(29)24-15(10-17(27)28)20(31)25-8-2-3-16(25)21(32)33/h4-7,11,14-16,26H,2-3,8-10,22H2,1H3,(H,23,30)(H,24,29)(H,27,28)(H,32,33). The maximum Gasteiger partial charge on any atom is 0.326 e. The maximum atomic E-state index is 12.8. The number of hydrogen-bond acceptors (Lipinski definition) is 7. The Bertz CT molecular complexity index is 904. The highest BCUT2D eigenvalue weighted by atomic mass is 16.4. The third-order valence-corrected chi connectivity index (χ3v) is 5.30. The Balaban J connectivity index is 1.98. The molecule has 180 valence electrons. The smallest absolute Gasteiger partial charge is 0.326 e. The molecule has 4 atom stereocenters. The molecule has 0 saturated carbocycles. The van der Waals surface area contributed by atoms with Crippen LogP contribution in [0, 0.1) is 0 Å². The van der Waals surface area contributed by atoms with E-state index in [1.807, 2.05) is 0 Å². The van der Waals surface area contributed by atoms with E-state index in [2.05, 4.69) is 10.6 Å². The Labute approximate surface area is 189 Å². The second kappa shape index (κ2) is 11.3. The molecule has 0 aromatic heterocycles. The number of phenolic OH excluding ortho intramolecular Hbond substituents is 1. The van der Waals surface area contributed by atoms with Crippen LogP contribution in [0.3, 0.4) is 0 Å². The number of hydrogen-bond donors (Lipinski definition) is 6. The predicted octanol–water partition coefficient (Wildman–Crippen LogP) is -1.20. The molecule has 0 spiro atoms. The number of benzene rings is 1. The van der Waals surface area contributed by atoms with Crippen LogP contribution in [0.15, 0.2) is 24.3 Å². The Morgan fingerprint density at radius 3 is 2.30 bits per heavy atom. The summed E-state index contributed by atoms with van der Waals surface area (Å²) in [5, 5.41) is 32.4. The number of amides is 3. The molecule has 1 fully saturated rings. The molecule has 1 aromatic rings. The van der Waals surface area contributed by atoms with Crippen molar-refractivity contribution >= 4 is 29.7 Å². The molecule has 33 heavy (non-hydrogen) atoms. The van der Waals surface area contributed by atoms with Crippen LogP contribution >= 0.6 is 0 Å². The van der Waals surface area contributed by atoms with E-state index in [0.717, 1.165) is 4.90 Å². The maximum absolute atomic E-state index is 12.8. The minimum atomic E-state index is -1.49. The number of carboxylic acids is 2. The molecule has 1 aliphatic heterocycles. The van der Waals surface area contributed by atoms with Gasteiger partial charge in [-0.05, 0) is 43.9 Å². The molecule has 0 bridgehead atoms. The summed E-state index contributed by atoms with van der Waals surface area (Å²) < 4.78 is 0. The van der Waals surface area contributed by atoms with Gasteiger partial charge in [-0.1, -0.05) is 12.1 Å². The average molecular weight is 464 g/mol. The van der Waals surface area contributed by atoms with Crippen molar-refractivity contribution in [3.8, 4) is 5.75 Å². The first-order valence-corrected chi connectivity index (χ1v) is 10.4. The highest BCUT2D eigenvalue weighted by Crippen LogP contribution is 2.19. The van der Waals surface area contributed by atoms with Crippen LogP contribution in [-0.2, 0) is 30.4 Å². The van der Waals surface area contributed by atoms with Crippen molar-refractivity contribution in [2.24, 2.45) is 5.73 Å². The molecule has 0 radical (unpaired) electrons. The van der Waals surface area contributed by atoms with Crippen LogP contribution in [0.5, 0.6) is 5.75 Å². The van der Waals surface area contributed by atoms with Crippen molar-refractivity contribution in [2.45, 2.75) is 56.8 Å². The summed E-state index contributed by atoms with van der Waals surface area (Å²) >= 11 is 0. The zero-order chi connectivity index (χ0) is 24.7. The van der Waals surface area contributed by atoms with E-state index in [4.69, 9.17) is 10.8 Å². The van der Waals surface area contributed by atoms with Crippen LogP contribution in [0.25, 0.3) is 0 Å². The number of aromatic hydroxyl groups is 1. The fraction of sp³-hybridized carbons (Fsp3) is 0.476. The van der Waals surface area contributed by atoms with Crippen molar-refractivity contribution in [3.05, 3.63) is 29.8 Å². The summed E-state index contributed by atoms with van der Waals surface area (Å²) in [7, 11) is 0. The molecule has 12 nitrogen and oxygen atoms in total. The molecule has 4 unspecified atom stereocenters. The van der Waals surface area contributed by atoms with Crippen LogP contribution in [0.2, 0.25) is 0 Å². The summed E-state index contributed by atoms with van der Waals surface area (Å²) in [6, 6.07) is 1.40. The Kier molecular flexibility index (Phi) is 8.74. The van der Waals surface area contributed by atoms with E-state index in [9.17, 15) is 34.2 Å². The van der Waals surface area contributed by atoms with Gasteiger partial charge in [0.15, 0.2) is 0 Å². The SMILES string of the molecule is CC(NC(=O)C(N)Cc1ccc(O)cc1)C(=O)NC(CC(=O)O)C(=O)N1CCCC1C(=O)O. The van der Waals surface area contributed by atoms with E-state index >= 15 is 0 Å². The molecule has 1 aromatic carbocycles. The number of likely N-dealkylation sites (tertiary alicyclic amines) is 1. The zero-order valence-corrected chi connectivity index (χ0v) is 18.1. The minimum absolute atomic E-state index is 0.0659. The normalized spacial score (nSPS) is 18.1. The number of carboxylic acid groups (broad SMARTS) is 2. The second-order valence-electron chi connectivity index (χ2n) is 7.89. The lowest BCUT2D eigenvalue weighted by Gasteiger charge is -2.27. The molecule has 7 N–H and O–H groups in total. The first-order valence-electron chi connectivity index (χ1n) is 10.4. The zero-order valence-electron chi connectivity index (χ0n) is 18.1. The average Bonchev–Trinajstić information content (AvgIpc) is 3.24. The number of phenols is 1. The van der Waals surface area contributed by atoms with Gasteiger partial charge in [-0.3, -0.25) is 19.2 Å². The fourth-order valence-corrected chi connectivity index (χ4v) is 3.52. The molecule has 2 rings (SSSR count). The Morgan fingerprint density at radius 1 is 1.09 bits per heavy atom. The van der Waals surface area contributed by atoms with Gasteiger partial charge in [-0.2, -0.15) is 0 Å². The van der Waals surface area contributed by atoms with Gasteiger partial charge in [0.25, 0.3) is 0 Å². The van der Waals surface area contributed by atoms with E-state index in [1.165, 1.54) is 19.1 Å². The van der Waals surface area contributed by atoms with Crippen LogP contribution in [-0.4, -0.2) is 80.6 Å². The summed E-state index contributed by atoms with van der Waals surface area (Å²) in [5.74, 6) is -4.76. The first kappa shape index (κ1) is 25.6.